The van der Waals surface area contributed by atoms with Gasteiger partial charge in [-0.3, -0.25) is 14.4 Å². The zero-order chi connectivity index (χ0) is 23.6. The number of fused-ring (bicyclic) bond motifs is 1. The van der Waals surface area contributed by atoms with E-state index in [1.807, 2.05) is 6.92 Å². The van der Waals surface area contributed by atoms with Crippen molar-refractivity contribution in [3.8, 4) is 5.75 Å². The maximum Gasteiger partial charge on any atom is 0.244 e. The summed E-state index contributed by atoms with van der Waals surface area (Å²) in [6.07, 6.45) is 3.34. The van der Waals surface area contributed by atoms with E-state index in [0.29, 0.717) is 18.8 Å². The van der Waals surface area contributed by atoms with Gasteiger partial charge in [0, 0.05) is 24.0 Å². The summed E-state index contributed by atoms with van der Waals surface area (Å²) >= 11 is 1.63. The smallest absolute Gasteiger partial charge is 0.244 e. The Morgan fingerprint density at radius 1 is 1.24 bits per heavy atom. The number of aliphatic hydroxyl groups excluding tert-OH is 1. The lowest BCUT2D eigenvalue weighted by molar-refractivity contribution is -0.139. The van der Waals surface area contributed by atoms with Crippen LogP contribution in [0.2, 0.25) is 0 Å². The maximum atomic E-state index is 13.5. The Morgan fingerprint density at radius 3 is 2.67 bits per heavy atom. The second-order valence-corrected chi connectivity index (χ2v) is 10.5. The van der Waals surface area contributed by atoms with E-state index in [1.54, 1.807) is 36.0 Å². The molecule has 3 heterocycles. The molecule has 1 aromatic carbocycles. The second kappa shape index (κ2) is 9.93. The standard InChI is InChI=1S/C24H33N3O5S/c1-3-5-12-25-22(30)20-24-11-10-17(33-24)18(19(24)23(31)27(20)13-14-28)21(29)26-15-6-8-16(9-7-15)32-4-2/h6-9,17-20,28H,3-5,10-14H2,1-2H3,(H,25,30)(H,26,29)/t17-,18+,19+,20?,24?/m1/s1. The van der Waals surface area contributed by atoms with E-state index in [-0.39, 0.29) is 36.1 Å². The van der Waals surface area contributed by atoms with E-state index in [0.717, 1.165) is 31.4 Å². The Hall–Kier alpha value is -2.26. The Balaban J connectivity index is 1.56. The molecular formula is C24H33N3O5S. The van der Waals surface area contributed by atoms with Crippen molar-refractivity contribution in [2.45, 2.75) is 55.6 Å². The van der Waals surface area contributed by atoms with Crippen LogP contribution in [0.5, 0.6) is 5.75 Å². The number of aliphatic hydroxyl groups is 1. The van der Waals surface area contributed by atoms with E-state index in [1.165, 1.54) is 4.90 Å². The Labute approximate surface area is 198 Å². The van der Waals surface area contributed by atoms with Crippen LogP contribution in [0.4, 0.5) is 5.69 Å². The monoisotopic (exact) mass is 475 g/mol. The molecule has 9 heteroatoms. The van der Waals surface area contributed by atoms with Gasteiger partial charge in [0.25, 0.3) is 0 Å². The minimum atomic E-state index is -0.655. The number of β-amino-alcohol motifs (C(OH)–C–C–N with tert-alkyl or cyclic N) is 1. The van der Waals surface area contributed by atoms with Crippen molar-refractivity contribution in [1.82, 2.24) is 10.2 Å². The van der Waals surface area contributed by atoms with Crippen molar-refractivity contribution in [2.24, 2.45) is 11.8 Å². The summed E-state index contributed by atoms with van der Waals surface area (Å²) < 4.78 is 4.84. The number of thioether (sulfide) groups is 1. The fourth-order valence-corrected chi connectivity index (χ4v) is 7.83. The van der Waals surface area contributed by atoms with E-state index < -0.39 is 22.6 Å². The molecule has 2 bridgehead atoms. The van der Waals surface area contributed by atoms with Crippen LogP contribution in [-0.4, -0.2) is 70.1 Å². The summed E-state index contributed by atoms with van der Waals surface area (Å²) in [5, 5.41) is 15.6. The van der Waals surface area contributed by atoms with Crippen LogP contribution >= 0.6 is 11.8 Å². The first-order valence-electron chi connectivity index (χ1n) is 11.9. The highest BCUT2D eigenvalue weighted by Crippen LogP contribution is 2.66. The number of anilines is 1. The summed E-state index contributed by atoms with van der Waals surface area (Å²) in [4.78, 5) is 41.6. The SMILES string of the molecule is CCCCNC(=O)C1N(CCO)C(=O)[C@@H]2[C@@H](C(=O)Nc3ccc(OCC)cc3)[C@H]3CCC12S3. The number of carbonyl (C=O) groups excluding carboxylic acids is 3. The summed E-state index contributed by atoms with van der Waals surface area (Å²) in [6, 6.07) is 6.53. The number of benzene rings is 1. The Bertz CT molecular complexity index is 895. The lowest BCUT2D eigenvalue weighted by Crippen LogP contribution is -2.54. The third-order valence-electron chi connectivity index (χ3n) is 6.95. The van der Waals surface area contributed by atoms with Crippen molar-refractivity contribution in [3.63, 3.8) is 0 Å². The molecule has 1 aromatic rings. The summed E-state index contributed by atoms with van der Waals surface area (Å²) in [5.41, 5.74) is 0.650. The Kier molecular flexibility index (Phi) is 7.19. The topological polar surface area (TPSA) is 108 Å². The first kappa shape index (κ1) is 23.9. The van der Waals surface area contributed by atoms with E-state index in [2.05, 4.69) is 17.6 Å². The van der Waals surface area contributed by atoms with Crippen molar-refractivity contribution in [1.29, 1.82) is 0 Å². The van der Waals surface area contributed by atoms with Crippen LogP contribution in [0.3, 0.4) is 0 Å². The van der Waals surface area contributed by atoms with Crippen molar-refractivity contribution >= 4 is 35.2 Å². The van der Waals surface area contributed by atoms with Crippen LogP contribution in [0.25, 0.3) is 0 Å². The normalized spacial score (nSPS) is 29.8. The number of amides is 3. The molecule has 33 heavy (non-hydrogen) atoms. The molecule has 4 rings (SSSR count). The molecule has 0 aliphatic carbocycles. The predicted molar refractivity (Wildman–Crippen MR) is 127 cm³/mol. The van der Waals surface area contributed by atoms with Crippen molar-refractivity contribution < 1.29 is 24.2 Å². The van der Waals surface area contributed by atoms with Gasteiger partial charge in [-0.1, -0.05) is 13.3 Å². The molecule has 180 valence electrons. The van der Waals surface area contributed by atoms with E-state index in [4.69, 9.17) is 4.74 Å². The molecular weight excluding hydrogens is 442 g/mol. The first-order chi connectivity index (χ1) is 16.0. The van der Waals surface area contributed by atoms with Gasteiger partial charge in [0.05, 0.1) is 29.8 Å². The van der Waals surface area contributed by atoms with Gasteiger partial charge in [-0.2, -0.15) is 0 Å². The zero-order valence-corrected chi connectivity index (χ0v) is 20.0. The number of carbonyl (C=O) groups is 3. The molecule has 5 atom stereocenters. The molecule has 1 spiro atoms. The molecule has 3 aliphatic rings. The molecule has 3 N–H and O–H groups in total. The van der Waals surface area contributed by atoms with E-state index >= 15 is 0 Å². The van der Waals surface area contributed by atoms with Crippen molar-refractivity contribution in [3.05, 3.63) is 24.3 Å². The highest BCUT2D eigenvalue weighted by molar-refractivity contribution is 8.02. The lowest BCUT2D eigenvalue weighted by atomic mass is 9.70. The van der Waals surface area contributed by atoms with Gasteiger partial charge >= 0.3 is 0 Å². The lowest BCUT2D eigenvalue weighted by Gasteiger charge is -2.34. The molecule has 3 saturated heterocycles. The first-order valence-corrected chi connectivity index (χ1v) is 12.7. The average Bonchev–Trinajstić information content (AvgIpc) is 3.43. The fraction of sp³-hybridized carbons (Fsp3) is 0.625. The summed E-state index contributed by atoms with van der Waals surface area (Å²) in [7, 11) is 0. The Morgan fingerprint density at radius 2 is 2.00 bits per heavy atom. The number of likely N-dealkylation sites (tertiary alicyclic amines) is 1. The number of ether oxygens (including phenoxy) is 1. The number of nitrogens with one attached hydrogen (secondary N) is 2. The molecule has 0 radical (unpaired) electrons. The fourth-order valence-electron chi connectivity index (χ4n) is 5.61. The summed E-state index contributed by atoms with van der Waals surface area (Å²) in [6.45, 7) is 4.97. The van der Waals surface area contributed by atoms with Crippen LogP contribution < -0.4 is 15.4 Å². The van der Waals surface area contributed by atoms with Gasteiger partial charge in [0.1, 0.15) is 11.8 Å². The van der Waals surface area contributed by atoms with Crippen LogP contribution in [0.15, 0.2) is 24.3 Å². The van der Waals surface area contributed by atoms with Gasteiger partial charge in [-0.15, -0.1) is 11.8 Å². The largest absolute Gasteiger partial charge is 0.494 e. The van der Waals surface area contributed by atoms with E-state index in [9.17, 15) is 19.5 Å². The molecule has 8 nitrogen and oxygen atoms in total. The van der Waals surface area contributed by atoms with Crippen LogP contribution in [-0.2, 0) is 14.4 Å². The predicted octanol–water partition coefficient (Wildman–Crippen LogP) is 2.02. The van der Waals surface area contributed by atoms with Crippen LogP contribution in [0.1, 0.15) is 39.5 Å². The third kappa shape index (κ3) is 4.21. The van der Waals surface area contributed by atoms with Crippen LogP contribution in [0, 0.1) is 11.8 Å². The summed E-state index contributed by atoms with van der Waals surface area (Å²) in [5.74, 6) is -0.885. The molecule has 0 saturated carbocycles. The quantitative estimate of drug-likeness (QED) is 0.447. The number of rotatable bonds is 10. The minimum Gasteiger partial charge on any atom is -0.494 e. The van der Waals surface area contributed by atoms with Gasteiger partial charge in [0.2, 0.25) is 17.7 Å². The van der Waals surface area contributed by atoms with Gasteiger partial charge in [-0.25, -0.2) is 0 Å². The van der Waals surface area contributed by atoms with Gasteiger partial charge in [0.15, 0.2) is 0 Å². The average molecular weight is 476 g/mol. The molecule has 2 unspecified atom stereocenters. The van der Waals surface area contributed by atoms with Gasteiger partial charge < -0.3 is 25.4 Å². The second-order valence-electron chi connectivity index (χ2n) is 8.90. The molecule has 3 amide bonds. The number of nitrogens with zero attached hydrogens (tertiary/aromatic N) is 1. The number of unbranched alkanes of at least 4 members (excludes halogenated alkanes) is 1. The number of hydrogen-bond donors (Lipinski definition) is 3. The highest BCUT2D eigenvalue weighted by atomic mass is 32.2. The van der Waals surface area contributed by atoms with Crippen molar-refractivity contribution in [2.75, 3.05) is 31.6 Å². The van der Waals surface area contributed by atoms with Gasteiger partial charge in [-0.05, 0) is 50.5 Å². The number of hydrogen-bond acceptors (Lipinski definition) is 6. The maximum absolute atomic E-state index is 13.5. The zero-order valence-electron chi connectivity index (χ0n) is 19.2. The molecule has 3 aliphatic heterocycles. The minimum absolute atomic E-state index is 0.00358. The molecule has 0 aromatic heterocycles. The third-order valence-corrected chi connectivity index (χ3v) is 8.91. The highest BCUT2D eigenvalue weighted by Gasteiger charge is 2.73. The molecule has 3 fully saturated rings.